The molecule has 0 unspecified atom stereocenters. The summed E-state index contributed by atoms with van der Waals surface area (Å²) in [4.78, 5) is 9.53. The molecule has 6 heteroatoms. The first-order chi connectivity index (χ1) is 12.1. The van der Waals surface area contributed by atoms with Gasteiger partial charge in [-0.15, -0.1) is 0 Å². The maximum absolute atomic E-state index is 8.86. The Morgan fingerprint density at radius 3 is 2.56 bits per heavy atom. The number of halogens is 1. The second-order valence-electron chi connectivity index (χ2n) is 5.49. The Hall–Kier alpha value is -2.55. The van der Waals surface area contributed by atoms with Crippen LogP contribution in [0.5, 0.6) is 0 Å². The van der Waals surface area contributed by atoms with Gasteiger partial charge < -0.3 is 4.72 Å². The van der Waals surface area contributed by atoms with Crippen LogP contribution in [0.15, 0.2) is 53.7 Å². The van der Waals surface area contributed by atoms with E-state index in [1.54, 1.807) is 24.5 Å². The summed E-state index contributed by atoms with van der Waals surface area (Å²) < 4.78 is 3.28. The summed E-state index contributed by atoms with van der Waals surface area (Å²) in [6.07, 6.45) is 3.57. The van der Waals surface area contributed by atoms with E-state index >= 15 is 0 Å². The average molecular weight is 367 g/mol. The van der Waals surface area contributed by atoms with Gasteiger partial charge in [0.05, 0.1) is 17.3 Å². The number of nitriles is 1. The number of hydrogen-bond acceptors (Lipinski definition) is 5. The van der Waals surface area contributed by atoms with Gasteiger partial charge in [-0.25, -0.2) is 4.98 Å². The fourth-order valence-electron chi connectivity index (χ4n) is 2.40. The minimum absolute atomic E-state index is 0.424. The van der Waals surface area contributed by atoms with Crippen LogP contribution in [0, 0.1) is 25.2 Å². The molecule has 4 nitrogen and oxygen atoms in total. The van der Waals surface area contributed by atoms with Crippen molar-refractivity contribution < 1.29 is 0 Å². The van der Waals surface area contributed by atoms with Gasteiger partial charge in [0.1, 0.15) is 0 Å². The Morgan fingerprint density at radius 1 is 1.12 bits per heavy atom. The third-order valence-electron chi connectivity index (χ3n) is 3.75. The molecule has 0 saturated carbocycles. The largest absolute Gasteiger partial charge is 0.323 e. The lowest BCUT2D eigenvalue weighted by Crippen LogP contribution is -1.97. The Labute approximate surface area is 156 Å². The molecule has 1 aromatic carbocycles. The predicted molar refractivity (Wildman–Crippen MR) is 103 cm³/mol. The van der Waals surface area contributed by atoms with Crippen molar-refractivity contribution in [3.05, 3.63) is 70.8 Å². The molecule has 0 aliphatic carbocycles. The zero-order valence-electron chi connectivity index (χ0n) is 13.7. The molecule has 2 heterocycles. The van der Waals surface area contributed by atoms with E-state index in [2.05, 4.69) is 20.8 Å². The monoisotopic (exact) mass is 366 g/mol. The number of aromatic nitrogens is 2. The van der Waals surface area contributed by atoms with Gasteiger partial charge in [-0.3, -0.25) is 4.98 Å². The van der Waals surface area contributed by atoms with E-state index in [-0.39, 0.29) is 0 Å². The van der Waals surface area contributed by atoms with Crippen LogP contribution in [0.4, 0.5) is 5.69 Å². The summed E-state index contributed by atoms with van der Waals surface area (Å²) in [5.41, 5.74) is 5.46. The van der Waals surface area contributed by atoms with E-state index in [1.807, 2.05) is 38.1 Å². The molecule has 3 aromatic rings. The molecule has 0 amide bonds. The van der Waals surface area contributed by atoms with E-state index in [1.165, 1.54) is 11.9 Å². The number of benzene rings is 1. The second-order valence-corrected chi connectivity index (χ2v) is 6.73. The topological polar surface area (TPSA) is 61.6 Å². The van der Waals surface area contributed by atoms with E-state index in [0.29, 0.717) is 10.7 Å². The number of nitrogens with zero attached hydrogens (tertiary/aromatic N) is 3. The van der Waals surface area contributed by atoms with Gasteiger partial charge in [-0.05, 0) is 73.3 Å². The normalized spacial score (nSPS) is 10.3. The highest BCUT2D eigenvalue weighted by Gasteiger charge is 2.12. The van der Waals surface area contributed by atoms with E-state index < -0.39 is 0 Å². The molecule has 0 fully saturated rings. The SMILES string of the molecule is Cc1cc(-c2cnc(Cl)c(NSc3ccc(C#N)cc3)c2C)ccn1. The number of aryl methyl sites for hydroxylation is 1. The first-order valence-electron chi connectivity index (χ1n) is 7.59. The molecule has 0 spiro atoms. The lowest BCUT2D eigenvalue weighted by Gasteiger charge is -2.14. The smallest absolute Gasteiger partial charge is 0.153 e. The molecule has 0 radical (unpaired) electrons. The van der Waals surface area contributed by atoms with Gasteiger partial charge in [0.15, 0.2) is 5.15 Å². The van der Waals surface area contributed by atoms with E-state index in [0.717, 1.165) is 33.0 Å². The highest BCUT2D eigenvalue weighted by atomic mass is 35.5. The Bertz CT molecular complexity index is 949. The zero-order chi connectivity index (χ0) is 17.8. The molecule has 3 rings (SSSR count). The number of anilines is 1. The van der Waals surface area contributed by atoms with Crippen molar-refractivity contribution in [3.8, 4) is 17.2 Å². The summed E-state index contributed by atoms with van der Waals surface area (Å²) in [6.45, 7) is 3.97. The van der Waals surface area contributed by atoms with Crippen LogP contribution in [-0.4, -0.2) is 9.97 Å². The quantitative estimate of drug-likeness (QED) is 0.494. The summed E-state index contributed by atoms with van der Waals surface area (Å²) >= 11 is 7.72. The molecule has 2 aromatic heterocycles. The summed E-state index contributed by atoms with van der Waals surface area (Å²) in [6, 6.07) is 13.4. The van der Waals surface area contributed by atoms with E-state index in [9.17, 15) is 0 Å². The fourth-order valence-corrected chi connectivity index (χ4v) is 3.44. The van der Waals surface area contributed by atoms with Crippen LogP contribution in [0.2, 0.25) is 5.15 Å². The van der Waals surface area contributed by atoms with Crippen molar-refractivity contribution in [1.29, 1.82) is 5.26 Å². The summed E-state index contributed by atoms with van der Waals surface area (Å²) in [5.74, 6) is 0. The van der Waals surface area contributed by atoms with Gasteiger partial charge in [0.25, 0.3) is 0 Å². The lowest BCUT2D eigenvalue weighted by molar-refractivity contribution is 1.20. The number of hydrogen-bond donors (Lipinski definition) is 1. The summed E-state index contributed by atoms with van der Waals surface area (Å²) in [5, 5.41) is 9.29. The van der Waals surface area contributed by atoms with Crippen molar-refractivity contribution in [2.75, 3.05) is 4.72 Å². The fraction of sp³-hybridized carbons (Fsp3) is 0.105. The minimum Gasteiger partial charge on any atom is -0.323 e. The standard InChI is InChI=1S/C19H15ClN4S/c1-12-9-15(7-8-22-12)17-11-23-19(20)18(13(17)2)24-25-16-5-3-14(10-21)4-6-16/h3-9,11,24H,1-2H3. The third kappa shape index (κ3) is 3.93. The van der Waals surface area contributed by atoms with Crippen LogP contribution in [0.1, 0.15) is 16.8 Å². The molecule has 124 valence electrons. The minimum atomic E-state index is 0.424. The first kappa shape index (κ1) is 17.3. The zero-order valence-corrected chi connectivity index (χ0v) is 15.3. The van der Waals surface area contributed by atoms with Gasteiger partial charge in [-0.2, -0.15) is 5.26 Å². The molecule has 0 aliphatic rings. The van der Waals surface area contributed by atoms with Crippen molar-refractivity contribution >= 4 is 29.2 Å². The molecule has 0 aliphatic heterocycles. The van der Waals surface area contributed by atoms with Crippen molar-refractivity contribution in [2.45, 2.75) is 18.7 Å². The van der Waals surface area contributed by atoms with Crippen molar-refractivity contribution in [1.82, 2.24) is 9.97 Å². The van der Waals surface area contributed by atoms with Crippen LogP contribution < -0.4 is 4.72 Å². The second kappa shape index (κ2) is 7.56. The van der Waals surface area contributed by atoms with Crippen molar-refractivity contribution in [2.24, 2.45) is 0 Å². The third-order valence-corrected chi connectivity index (χ3v) is 4.85. The molecular formula is C19H15ClN4S. The summed E-state index contributed by atoms with van der Waals surface area (Å²) in [7, 11) is 0. The molecule has 25 heavy (non-hydrogen) atoms. The van der Waals surface area contributed by atoms with Gasteiger partial charge in [0, 0.05) is 28.5 Å². The van der Waals surface area contributed by atoms with Gasteiger partial charge >= 0.3 is 0 Å². The Morgan fingerprint density at radius 2 is 1.88 bits per heavy atom. The van der Waals surface area contributed by atoms with E-state index in [4.69, 9.17) is 16.9 Å². The number of nitrogens with one attached hydrogen (secondary N) is 1. The predicted octanol–water partition coefficient (Wildman–Crippen LogP) is 5.40. The highest BCUT2D eigenvalue weighted by molar-refractivity contribution is 8.00. The Kier molecular flexibility index (Phi) is 5.22. The first-order valence-corrected chi connectivity index (χ1v) is 8.79. The van der Waals surface area contributed by atoms with Crippen LogP contribution in [-0.2, 0) is 0 Å². The Balaban J connectivity index is 1.88. The molecule has 1 N–H and O–H groups in total. The lowest BCUT2D eigenvalue weighted by atomic mass is 10.0. The van der Waals surface area contributed by atoms with Crippen molar-refractivity contribution in [3.63, 3.8) is 0 Å². The molecule has 0 bridgehead atoms. The molecule has 0 saturated heterocycles. The molecule has 0 atom stereocenters. The van der Waals surface area contributed by atoms with Crippen LogP contribution >= 0.6 is 23.5 Å². The van der Waals surface area contributed by atoms with Crippen LogP contribution in [0.25, 0.3) is 11.1 Å². The van der Waals surface area contributed by atoms with Crippen LogP contribution in [0.3, 0.4) is 0 Å². The maximum atomic E-state index is 8.86. The number of rotatable bonds is 4. The number of pyridine rings is 2. The maximum Gasteiger partial charge on any atom is 0.153 e. The molecular weight excluding hydrogens is 352 g/mol. The average Bonchev–Trinajstić information content (AvgIpc) is 2.62. The highest BCUT2D eigenvalue weighted by Crippen LogP contribution is 2.35. The van der Waals surface area contributed by atoms with Gasteiger partial charge in [0.2, 0.25) is 0 Å². The van der Waals surface area contributed by atoms with Gasteiger partial charge in [-0.1, -0.05) is 11.6 Å².